The number of nitrogens with one attached hydrogen (secondary N) is 1. The molecule has 1 heterocycles. The summed E-state index contributed by atoms with van der Waals surface area (Å²) >= 11 is 6.08. The summed E-state index contributed by atoms with van der Waals surface area (Å²) in [5.41, 5.74) is 0.762. The van der Waals surface area contributed by atoms with E-state index in [-0.39, 0.29) is 5.75 Å². The van der Waals surface area contributed by atoms with Crippen molar-refractivity contribution in [3.05, 3.63) is 28.8 Å². The lowest BCUT2D eigenvalue weighted by atomic mass is 10.2. The van der Waals surface area contributed by atoms with Crippen molar-refractivity contribution in [3.8, 4) is 5.75 Å². The van der Waals surface area contributed by atoms with Crippen molar-refractivity contribution in [1.82, 2.24) is 10.2 Å². The van der Waals surface area contributed by atoms with Crippen molar-refractivity contribution in [1.29, 1.82) is 0 Å². The van der Waals surface area contributed by atoms with Crippen LogP contribution in [-0.2, 0) is 11.3 Å². The third kappa shape index (κ3) is 4.35. The Morgan fingerprint density at radius 3 is 2.84 bits per heavy atom. The van der Waals surface area contributed by atoms with E-state index in [2.05, 4.69) is 17.1 Å². The molecule has 106 valence electrons. The first-order valence-corrected chi connectivity index (χ1v) is 7.04. The van der Waals surface area contributed by atoms with Crippen LogP contribution in [0.4, 0.5) is 0 Å². The summed E-state index contributed by atoms with van der Waals surface area (Å²) in [7, 11) is 0. The molecule has 1 atom stereocenters. The smallest absolute Gasteiger partial charge is 0.121 e. The van der Waals surface area contributed by atoms with E-state index < -0.39 is 0 Å². The van der Waals surface area contributed by atoms with Crippen molar-refractivity contribution < 1.29 is 9.84 Å². The van der Waals surface area contributed by atoms with E-state index in [9.17, 15) is 5.11 Å². The molecule has 5 heteroatoms. The Labute approximate surface area is 119 Å². The lowest BCUT2D eigenvalue weighted by molar-refractivity contribution is 0.0343. The van der Waals surface area contributed by atoms with E-state index >= 15 is 0 Å². The molecule has 2 rings (SSSR count). The molecular weight excluding hydrogens is 264 g/mol. The SMILES string of the molecule is CC(CN1CCOCC1)NCc1c(O)cccc1Cl. The highest BCUT2D eigenvalue weighted by Crippen LogP contribution is 2.24. The summed E-state index contributed by atoms with van der Waals surface area (Å²) in [6.07, 6.45) is 0. The largest absolute Gasteiger partial charge is 0.508 e. The number of phenolic OH excluding ortho intramolecular Hbond substituents is 1. The summed E-state index contributed by atoms with van der Waals surface area (Å²) in [5, 5.41) is 13.8. The van der Waals surface area contributed by atoms with Crippen LogP contribution < -0.4 is 5.32 Å². The molecule has 0 spiro atoms. The number of hydrogen-bond donors (Lipinski definition) is 2. The van der Waals surface area contributed by atoms with Gasteiger partial charge in [0.1, 0.15) is 5.75 Å². The number of hydrogen-bond acceptors (Lipinski definition) is 4. The van der Waals surface area contributed by atoms with E-state index in [1.54, 1.807) is 18.2 Å². The molecule has 1 aliphatic rings. The fraction of sp³-hybridized carbons (Fsp3) is 0.571. The second kappa shape index (κ2) is 7.10. The molecule has 4 nitrogen and oxygen atoms in total. The van der Waals surface area contributed by atoms with E-state index in [1.807, 2.05) is 0 Å². The quantitative estimate of drug-likeness (QED) is 0.866. The van der Waals surface area contributed by atoms with Gasteiger partial charge in [-0.3, -0.25) is 4.90 Å². The van der Waals surface area contributed by atoms with Gasteiger partial charge in [0.2, 0.25) is 0 Å². The molecule has 0 amide bonds. The van der Waals surface area contributed by atoms with E-state index in [0.717, 1.165) is 38.4 Å². The zero-order valence-corrected chi connectivity index (χ0v) is 12.0. The Bertz CT molecular complexity index is 388. The molecule has 1 aliphatic heterocycles. The van der Waals surface area contributed by atoms with Gasteiger partial charge in [-0.15, -0.1) is 0 Å². The maximum atomic E-state index is 9.77. The van der Waals surface area contributed by atoms with E-state index in [0.29, 0.717) is 17.6 Å². The van der Waals surface area contributed by atoms with Crippen molar-refractivity contribution >= 4 is 11.6 Å². The Hall–Kier alpha value is -0.810. The highest BCUT2D eigenvalue weighted by atomic mass is 35.5. The number of benzene rings is 1. The lowest BCUT2D eigenvalue weighted by Gasteiger charge is -2.29. The van der Waals surface area contributed by atoms with Crippen LogP contribution in [0.5, 0.6) is 5.75 Å². The predicted molar refractivity (Wildman–Crippen MR) is 76.7 cm³/mol. The van der Waals surface area contributed by atoms with Gasteiger partial charge in [-0.2, -0.15) is 0 Å². The third-order valence-corrected chi connectivity index (χ3v) is 3.71. The van der Waals surface area contributed by atoms with Crippen LogP contribution in [0.3, 0.4) is 0 Å². The zero-order chi connectivity index (χ0) is 13.7. The van der Waals surface area contributed by atoms with Crippen LogP contribution in [0.25, 0.3) is 0 Å². The Morgan fingerprint density at radius 1 is 1.42 bits per heavy atom. The highest BCUT2D eigenvalue weighted by molar-refractivity contribution is 6.31. The average Bonchev–Trinajstić information content (AvgIpc) is 2.39. The first-order valence-electron chi connectivity index (χ1n) is 6.66. The Kier molecular flexibility index (Phi) is 5.45. The minimum atomic E-state index is 0.249. The topological polar surface area (TPSA) is 44.7 Å². The van der Waals surface area contributed by atoms with Crippen LogP contribution in [0, 0.1) is 0 Å². The highest BCUT2D eigenvalue weighted by Gasteiger charge is 2.14. The normalized spacial score (nSPS) is 18.4. The summed E-state index contributed by atoms with van der Waals surface area (Å²) in [6.45, 7) is 7.32. The van der Waals surface area contributed by atoms with Gasteiger partial charge >= 0.3 is 0 Å². The molecule has 0 radical (unpaired) electrons. The summed E-state index contributed by atoms with van der Waals surface area (Å²) in [4.78, 5) is 2.38. The summed E-state index contributed by atoms with van der Waals surface area (Å²) in [5.74, 6) is 0.249. The predicted octanol–water partition coefficient (Wildman–Crippen LogP) is 1.86. The van der Waals surface area contributed by atoms with Gasteiger partial charge < -0.3 is 15.2 Å². The van der Waals surface area contributed by atoms with Crippen molar-refractivity contribution in [2.24, 2.45) is 0 Å². The van der Waals surface area contributed by atoms with Gasteiger partial charge in [-0.05, 0) is 19.1 Å². The maximum absolute atomic E-state index is 9.77. The molecule has 1 aromatic carbocycles. The second-order valence-electron chi connectivity index (χ2n) is 4.93. The molecule has 1 fully saturated rings. The van der Waals surface area contributed by atoms with Gasteiger partial charge in [-0.25, -0.2) is 0 Å². The molecular formula is C14H21ClN2O2. The molecule has 0 bridgehead atoms. The Balaban J connectivity index is 1.81. The van der Waals surface area contributed by atoms with E-state index in [4.69, 9.17) is 16.3 Å². The lowest BCUT2D eigenvalue weighted by Crippen LogP contribution is -2.44. The van der Waals surface area contributed by atoms with Gasteiger partial charge in [0.25, 0.3) is 0 Å². The van der Waals surface area contributed by atoms with E-state index in [1.165, 1.54) is 0 Å². The first kappa shape index (κ1) is 14.6. The molecule has 1 unspecified atom stereocenters. The zero-order valence-electron chi connectivity index (χ0n) is 11.2. The number of rotatable bonds is 5. The monoisotopic (exact) mass is 284 g/mol. The third-order valence-electron chi connectivity index (χ3n) is 3.36. The van der Waals surface area contributed by atoms with Crippen LogP contribution in [0.2, 0.25) is 5.02 Å². The molecule has 0 aromatic heterocycles. The number of aromatic hydroxyl groups is 1. The van der Waals surface area contributed by atoms with Crippen molar-refractivity contribution in [2.45, 2.75) is 19.5 Å². The van der Waals surface area contributed by atoms with Crippen molar-refractivity contribution in [3.63, 3.8) is 0 Å². The molecule has 0 saturated carbocycles. The average molecular weight is 285 g/mol. The van der Waals surface area contributed by atoms with Crippen LogP contribution in [0.15, 0.2) is 18.2 Å². The summed E-state index contributed by atoms with van der Waals surface area (Å²) in [6, 6.07) is 5.55. The first-order chi connectivity index (χ1) is 9.16. The van der Waals surface area contributed by atoms with Crippen LogP contribution in [0.1, 0.15) is 12.5 Å². The minimum Gasteiger partial charge on any atom is -0.508 e. The fourth-order valence-electron chi connectivity index (χ4n) is 2.23. The molecule has 1 aromatic rings. The number of nitrogens with zero attached hydrogens (tertiary/aromatic N) is 1. The van der Waals surface area contributed by atoms with Crippen molar-refractivity contribution in [2.75, 3.05) is 32.8 Å². The molecule has 1 saturated heterocycles. The van der Waals surface area contributed by atoms with Gasteiger partial charge in [0.15, 0.2) is 0 Å². The molecule has 0 aliphatic carbocycles. The number of halogens is 1. The number of morpholine rings is 1. The minimum absolute atomic E-state index is 0.249. The fourth-order valence-corrected chi connectivity index (χ4v) is 2.47. The Morgan fingerprint density at radius 2 is 2.16 bits per heavy atom. The van der Waals surface area contributed by atoms with Gasteiger partial charge in [-0.1, -0.05) is 17.7 Å². The summed E-state index contributed by atoms with van der Waals surface area (Å²) < 4.78 is 5.33. The standard InChI is InChI=1S/C14H21ClN2O2/c1-11(10-17-5-7-19-8-6-17)16-9-12-13(15)3-2-4-14(12)18/h2-4,11,16,18H,5-10H2,1H3. The number of phenols is 1. The number of ether oxygens (including phenoxy) is 1. The molecule has 2 N–H and O–H groups in total. The molecule has 19 heavy (non-hydrogen) atoms. The van der Waals surface area contributed by atoms with Crippen LogP contribution >= 0.6 is 11.6 Å². The second-order valence-corrected chi connectivity index (χ2v) is 5.34. The maximum Gasteiger partial charge on any atom is 0.121 e. The van der Waals surface area contributed by atoms with Crippen LogP contribution in [-0.4, -0.2) is 48.9 Å². The van der Waals surface area contributed by atoms with Gasteiger partial charge in [0, 0.05) is 42.8 Å². The van der Waals surface area contributed by atoms with Gasteiger partial charge in [0.05, 0.1) is 13.2 Å².